The third-order valence-electron chi connectivity index (χ3n) is 6.49. The first kappa shape index (κ1) is 13.9. The number of hydrogen-bond donors (Lipinski definition) is 1. The Morgan fingerprint density at radius 1 is 0.955 bits per heavy atom. The van der Waals surface area contributed by atoms with E-state index in [0.717, 1.165) is 32.1 Å². The van der Waals surface area contributed by atoms with Gasteiger partial charge in [-0.3, -0.25) is 4.79 Å². The molecule has 0 aromatic carbocycles. The van der Waals surface area contributed by atoms with E-state index in [1.165, 1.54) is 0 Å². The number of carbonyl (C=O) groups excluding carboxylic acids is 1. The SMILES string of the molecule is O=C1CCCCC12OOC1(OO2)C2CC3CC1CC(O)(C3)C2. The van der Waals surface area contributed by atoms with Gasteiger partial charge in [0.25, 0.3) is 5.79 Å². The second-order valence-electron chi connectivity index (χ2n) is 8.01. The van der Waals surface area contributed by atoms with Crippen molar-refractivity contribution in [2.75, 3.05) is 0 Å². The zero-order valence-electron chi connectivity index (χ0n) is 12.6. The first-order valence-corrected chi connectivity index (χ1v) is 8.53. The minimum Gasteiger partial charge on any atom is -0.390 e. The summed E-state index contributed by atoms with van der Waals surface area (Å²) in [6.45, 7) is 0. The van der Waals surface area contributed by atoms with E-state index < -0.39 is 17.2 Å². The maximum absolute atomic E-state index is 12.1. The molecule has 1 heterocycles. The van der Waals surface area contributed by atoms with Gasteiger partial charge in [-0.1, -0.05) is 0 Å². The van der Waals surface area contributed by atoms with E-state index in [-0.39, 0.29) is 17.6 Å². The largest absolute Gasteiger partial charge is 0.390 e. The first-order valence-electron chi connectivity index (χ1n) is 8.53. The Labute approximate surface area is 128 Å². The van der Waals surface area contributed by atoms with Crippen LogP contribution >= 0.6 is 0 Å². The molecule has 6 rings (SSSR count). The van der Waals surface area contributed by atoms with Crippen LogP contribution in [0.5, 0.6) is 0 Å². The van der Waals surface area contributed by atoms with Crippen LogP contribution in [0, 0.1) is 17.8 Å². The van der Waals surface area contributed by atoms with Crippen molar-refractivity contribution in [1.29, 1.82) is 0 Å². The van der Waals surface area contributed by atoms with Crippen LogP contribution in [0.4, 0.5) is 0 Å². The van der Waals surface area contributed by atoms with Gasteiger partial charge >= 0.3 is 0 Å². The molecule has 1 saturated heterocycles. The van der Waals surface area contributed by atoms with Crippen LogP contribution in [0.1, 0.15) is 57.8 Å². The molecule has 122 valence electrons. The first-order chi connectivity index (χ1) is 10.5. The number of ketones is 1. The van der Waals surface area contributed by atoms with E-state index in [0.29, 0.717) is 31.6 Å². The lowest BCUT2D eigenvalue weighted by Gasteiger charge is -2.62. The average Bonchev–Trinajstić information content (AvgIpc) is 2.48. The summed E-state index contributed by atoms with van der Waals surface area (Å²) in [5, 5.41) is 10.7. The quantitative estimate of drug-likeness (QED) is 0.690. The van der Waals surface area contributed by atoms with Crippen molar-refractivity contribution in [2.45, 2.75) is 75.0 Å². The Morgan fingerprint density at radius 3 is 2.23 bits per heavy atom. The molecular weight excluding hydrogens is 288 g/mol. The minimum atomic E-state index is -1.37. The van der Waals surface area contributed by atoms with Crippen LogP contribution in [0.3, 0.4) is 0 Å². The molecule has 0 aromatic rings. The lowest BCUT2D eigenvalue weighted by molar-refractivity contribution is -0.669. The van der Waals surface area contributed by atoms with Crippen molar-refractivity contribution >= 4 is 5.78 Å². The van der Waals surface area contributed by atoms with E-state index >= 15 is 0 Å². The van der Waals surface area contributed by atoms with Gasteiger partial charge in [-0.05, 0) is 50.9 Å². The van der Waals surface area contributed by atoms with Crippen LogP contribution in [0.2, 0.25) is 0 Å². The molecule has 4 bridgehead atoms. The Hall–Kier alpha value is -0.530. The monoisotopic (exact) mass is 310 g/mol. The van der Waals surface area contributed by atoms with Gasteiger partial charge in [0.05, 0.1) is 5.60 Å². The van der Waals surface area contributed by atoms with E-state index in [4.69, 9.17) is 19.6 Å². The normalized spacial score (nSPS) is 57.0. The summed E-state index contributed by atoms with van der Waals surface area (Å²) in [5.41, 5.74) is -0.579. The highest BCUT2D eigenvalue weighted by Gasteiger charge is 2.68. The number of aliphatic hydroxyl groups is 1. The average molecular weight is 310 g/mol. The van der Waals surface area contributed by atoms with E-state index in [1.54, 1.807) is 0 Å². The lowest BCUT2D eigenvalue weighted by Crippen LogP contribution is -2.69. The summed E-state index contributed by atoms with van der Waals surface area (Å²) >= 11 is 0. The van der Waals surface area contributed by atoms with Crippen LogP contribution in [0.15, 0.2) is 0 Å². The van der Waals surface area contributed by atoms with Crippen molar-refractivity contribution in [3.63, 3.8) is 0 Å². The zero-order valence-corrected chi connectivity index (χ0v) is 12.6. The van der Waals surface area contributed by atoms with Crippen LogP contribution in [-0.4, -0.2) is 28.1 Å². The van der Waals surface area contributed by atoms with Crippen molar-refractivity contribution in [3.05, 3.63) is 0 Å². The predicted octanol–water partition coefficient (Wildman–Crippen LogP) is 2.00. The lowest BCUT2D eigenvalue weighted by atomic mass is 9.51. The van der Waals surface area contributed by atoms with Crippen molar-refractivity contribution in [1.82, 2.24) is 0 Å². The highest BCUT2D eigenvalue weighted by molar-refractivity contribution is 5.86. The molecule has 1 N–H and O–H groups in total. The molecule has 0 aromatic heterocycles. The van der Waals surface area contributed by atoms with Crippen LogP contribution in [0.25, 0.3) is 0 Å². The molecule has 6 nitrogen and oxygen atoms in total. The Balaban J connectivity index is 1.40. The fraction of sp³-hybridized carbons (Fsp3) is 0.938. The smallest absolute Gasteiger partial charge is 0.291 e. The number of Topliss-reactive ketones (excluding diaryl/α,β-unsaturated/α-hetero) is 1. The molecule has 2 unspecified atom stereocenters. The fourth-order valence-corrected chi connectivity index (χ4v) is 5.60. The summed E-state index contributed by atoms with van der Waals surface area (Å²) < 4.78 is 0. The Morgan fingerprint density at radius 2 is 1.64 bits per heavy atom. The van der Waals surface area contributed by atoms with Gasteiger partial charge < -0.3 is 5.11 Å². The molecular formula is C16H22O6. The van der Waals surface area contributed by atoms with Crippen molar-refractivity contribution in [3.8, 4) is 0 Å². The molecule has 6 aliphatic rings. The third kappa shape index (κ3) is 1.70. The summed E-state index contributed by atoms with van der Waals surface area (Å²) in [7, 11) is 0. The van der Waals surface area contributed by atoms with Crippen molar-refractivity contribution in [2.24, 2.45) is 17.8 Å². The van der Waals surface area contributed by atoms with Crippen LogP contribution < -0.4 is 0 Å². The van der Waals surface area contributed by atoms with Gasteiger partial charge in [0.1, 0.15) is 0 Å². The summed E-state index contributed by atoms with van der Waals surface area (Å²) in [4.78, 5) is 34.8. The van der Waals surface area contributed by atoms with Gasteiger partial charge in [-0.15, -0.1) is 0 Å². The van der Waals surface area contributed by atoms with Gasteiger partial charge in [0.2, 0.25) is 5.79 Å². The predicted molar refractivity (Wildman–Crippen MR) is 71.8 cm³/mol. The molecule has 1 aliphatic heterocycles. The van der Waals surface area contributed by atoms with E-state index in [1.807, 2.05) is 0 Å². The molecule has 2 atom stereocenters. The second kappa shape index (κ2) is 4.30. The standard InChI is InChI=1S/C16H22O6/c17-13-3-1-2-4-15(13)19-21-16(22-20-15)11-5-10-6-12(16)9-14(18,7-10)8-11/h10-12,18H,1-9H2. The molecule has 5 saturated carbocycles. The fourth-order valence-electron chi connectivity index (χ4n) is 5.60. The van der Waals surface area contributed by atoms with E-state index in [9.17, 15) is 9.90 Å². The second-order valence-corrected chi connectivity index (χ2v) is 8.01. The van der Waals surface area contributed by atoms with Gasteiger partial charge in [-0.25, -0.2) is 0 Å². The molecule has 0 radical (unpaired) electrons. The zero-order chi connectivity index (χ0) is 15.0. The summed E-state index contributed by atoms with van der Waals surface area (Å²) in [6.07, 6.45) is 6.78. The van der Waals surface area contributed by atoms with Gasteiger partial charge in [0, 0.05) is 24.7 Å². The molecule has 5 aliphatic carbocycles. The molecule has 6 heteroatoms. The van der Waals surface area contributed by atoms with Gasteiger partial charge in [-0.2, -0.15) is 19.6 Å². The summed E-state index contributed by atoms with van der Waals surface area (Å²) in [5.74, 6) is -1.73. The number of hydrogen-bond acceptors (Lipinski definition) is 6. The van der Waals surface area contributed by atoms with Gasteiger partial charge in [0.15, 0.2) is 5.78 Å². The maximum Gasteiger partial charge on any atom is 0.291 e. The topological polar surface area (TPSA) is 74.2 Å². The molecule has 2 spiro atoms. The molecule has 6 fully saturated rings. The highest BCUT2D eigenvalue weighted by atomic mass is 17.4. The number of rotatable bonds is 0. The van der Waals surface area contributed by atoms with Crippen molar-refractivity contribution < 1.29 is 29.5 Å². The summed E-state index contributed by atoms with van der Waals surface area (Å²) in [6, 6.07) is 0. The third-order valence-corrected chi connectivity index (χ3v) is 6.49. The Kier molecular flexibility index (Phi) is 2.71. The highest BCUT2D eigenvalue weighted by Crippen LogP contribution is 2.62. The Bertz CT molecular complexity index is 491. The van der Waals surface area contributed by atoms with E-state index in [2.05, 4.69) is 0 Å². The maximum atomic E-state index is 12.1. The number of carbonyl (C=O) groups is 1. The minimum absolute atomic E-state index is 0.0693. The molecule has 22 heavy (non-hydrogen) atoms. The van der Waals surface area contributed by atoms with Crippen LogP contribution in [-0.2, 0) is 24.3 Å². The molecule has 0 amide bonds.